The maximum atomic E-state index is 14.0. The summed E-state index contributed by atoms with van der Waals surface area (Å²) in [4.78, 5) is 26.5. The van der Waals surface area contributed by atoms with Crippen LogP contribution in [-0.2, 0) is 9.59 Å². The van der Waals surface area contributed by atoms with Crippen molar-refractivity contribution in [3.8, 4) is 11.1 Å². The molecule has 0 radical (unpaired) electrons. The Kier molecular flexibility index (Phi) is 5.61. The molecule has 4 rings (SSSR count). The fraction of sp³-hybridized carbons (Fsp3) is 0.417. The highest BCUT2D eigenvalue weighted by atomic mass is 35.5. The molecular formula is C24H22ClF4NO3. The van der Waals surface area contributed by atoms with Crippen LogP contribution in [-0.4, -0.2) is 34.1 Å². The lowest BCUT2D eigenvalue weighted by atomic mass is 9.70. The average Bonchev–Trinajstić information content (AvgIpc) is 2.96. The minimum atomic E-state index is -4.81. The van der Waals surface area contributed by atoms with Gasteiger partial charge in [-0.3, -0.25) is 9.59 Å². The van der Waals surface area contributed by atoms with Gasteiger partial charge >= 0.3 is 6.18 Å². The Labute approximate surface area is 192 Å². The molecule has 0 bridgehead atoms. The van der Waals surface area contributed by atoms with E-state index in [9.17, 15) is 32.3 Å². The van der Waals surface area contributed by atoms with E-state index in [-0.39, 0.29) is 17.9 Å². The molecule has 9 heteroatoms. The number of Topliss-reactive ketones (excluding diaryl/α,β-unsaturated/α-hetero) is 1. The summed E-state index contributed by atoms with van der Waals surface area (Å²) in [7, 11) is 0. The fourth-order valence-electron chi connectivity index (χ4n) is 5.06. The molecule has 176 valence electrons. The second-order valence-corrected chi connectivity index (χ2v) is 9.40. The Balaban J connectivity index is 1.71. The van der Waals surface area contributed by atoms with Crippen molar-refractivity contribution in [1.29, 1.82) is 0 Å². The molecule has 2 fully saturated rings. The van der Waals surface area contributed by atoms with Gasteiger partial charge in [-0.05, 0) is 79.5 Å². The number of benzene rings is 2. The fourth-order valence-corrected chi connectivity index (χ4v) is 5.17. The van der Waals surface area contributed by atoms with Crippen LogP contribution < -0.4 is 5.32 Å². The second kappa shape index (κ2) is 7.81. The molecule has 1 atom stereocenters. The lowest BCUT2D eigenvalue weighted by Crippen LogP contribution is -2.57. The molecule has 1 heterocycles. The first-order chi connectivity index (χ1) is 15.3. The molecule has 1 unspecified atom stereocenters. The van der Waals surface area contributed by atoms with Gasteiger partial charge in [0.1, 0.15) is 11.7 Å². The van der Waals surface area contributed by atoms with E-state index in [0.717, 1.165) is 0 Å². The normalized spacial score (nSPS) is 27.8. The average molecular weight is 484 g/mol. The first-order valence-electron chi connectivity index (χ1n) is 10.5. The molecule has 4 nitrogen and oxygen atoms in total. The number of aryl methyl sites for hydroxylation is 1. The Hall–Kier alpha value is -2.45. The predicted octanol–water partition coefficient (Wildman–Crippen LogP) is 5.15. The Morgan fingerprint density at radius 1 is 1.06 bits per heavy atom. The molecule has 1 saturated heterocycles. The van der Waals surface area contributed by atoms with Gasteiger partial charge in [-0.15, -0.1) is 0 Å². The summed E-state index contributed by atoms with van der Waals surface area (Å²) < 4.78 is 53.7. The van der Waals surface area contributed by atoms with Gasteiger partial charge in [0.15, 0.2) is 11.4 Å². The van der Waals surface area contributed by atoms with Crippen LogP contribution in [0.1, 0.15) is 48.3 Å². The Bertz CT molecular complexity index is 1150. The summed E-state index contributed by atoms with van der Waals surface area (Å²) in [6, 6.07) is 7.79. The van der Waals surface area contributed by atoms with E-state index in [1.807, 2.05) is 0 Å². The summed E-state index contributed by atoms with van der Waals surface area (Å²) in [6.07, 6.45) is -6.75. The number of nitrogens with one attached hydrogen (secondary N) is 1. The molecule has 1 aliphatic heterocycles. The van der Waals surface area contributed by atoms with Crippen LogP contribution in [0.3, 0.4) is 0 Å². The SMILES string of the molecule is Cc1ccc(-c2ccc(Cl)c(F)c2)c(C)c1C1C(=O)NC2(CCC(O)(C(F)(F)F)CC2)C1=O. The lowest BCUT2D eigenvalue weighted by molar-refractivity contribution is -0.272. The van der Waals surface area contributed by atoms with Crippen LogP contribution >= 0.6 is 11.6 Å². The summed E-state index contributed by atoms with van der Waals surface area (Å²) in [5, 5.41) is 12.6. The van der Waals surface area contributed by atoms with Crippen molar-refractivity contribution in [2.45, 2.75) is 62.8 Å². The van der Waals surface area contributed by atoms with Crippen molar-refractivity contribution in [3.05, 3.63) is 57.9 Å². The number of hydrogen-bond donors (Lipinski definition) is 2. The van der Waals surface area contributed by atoms with Gasteiger partial charge in [-0.25, -0.2) is 4.39 Å². The van der Waals surface area contributed by atoms with Gasteiger partial charge in [0.2, 0.25) is 5.91 Å². The largest absolute Gasteiger partial charge is 0.417 e. The van der Waals surface area contributed by atoms with Gasteiger partial charge in [-0.1, -0.05) is 29.8 Å². The zero-order valence-electron chi connectivity index (χ0n) is 17.9. The Morgan fingerprint density at radius 3 is 2.27 bits per heavy atom. The molecule has 1 amide bonds. The van der Waals surface area contributed by atoms with E-state index in [2.05, 4.69) is 5.32 Å². The summed E-state index contributed by atoms with van der Waals surface area (Å²) in [5.41, 5.74) is -1.46. The van der Waals surface area contributed by atoms with Gasteiger partial charge in [-0.2, -0.15) is 13.2 Å². The molecule has 1 spiro atoms. The number of halogens is 5. The maximum Gasteiger partial charge on any atom is 0.417 e. The number of hydrogen-bond acceptors (Lipinski definition) is 3. The van der Waals surface area contributed by atoms with E-state index in [1.165, 1.54) is 12.1 Å². The van der Waals surface area contributed by atoms with E-state index in [1.54, 1.807) is 32.0 Å². The molecular weight excluding hydrogens is 462 g/mol. The predicted molar refractivity (Wildman–Crippen MR) is 114 cm³/mol. The summed E-state index contributed by atoms with van der Waals surface area (Å²) >= 11 is 5.78. The van der Waals surface area contributed by atoms with Crippen LogP contribution in [0.2, 0.25) is 5.02 Å². The van der Waals surface area contributed by atoms with E-state index in [0.29, 0.717) is 27.8 Å². The number of carbonyl (C=O) groups excluding carboxylic acids is 2. The highest BCUT2D eigenvalue weighted by Gasteiger charge is 2.62. The number of rotatable bonds is 2. The molecule has 2 aromatic rings. The molecule has 2 N–H and O–H groups in total. The minimum absolute atomic E-state index is 0.0351. The maximum absolute atomic E-state index is 14.0. The van der Waals surface area contributed by atoms with E-state index in [4.69, 9.17) is 11.6 Å². The minimum Gasteiger partial charge on any atom is -0.380 e. The van der Waals surface area contributed by atoms with Crippen LogP contribution in [0.5, 0.6) is 0 Å². The zero-order valence-corrected chi connectivity index (χ0v) is 18.7. The molecule has 1 aliphatic carbocycles. The van der Waals surface area contributed by atoms with Crippen molar-refractivity contribution < 1.29 is 32.3 Å². The van der Waals surface area contributed by atoms with Crippen LogP contribution in [0.25, 0.3) is 11.1 Å². The molecule has 2 aliphatic rings. The standard InChI is InChI=1S/C24H22ClF4NO3/c1-12-3-5-15(14-4-6-16(25)17(26)11-14)13(2)18(12)19-20(31)22(30-21(19)32)7-9-23(33,10-8-22)24(27,28)29/h3-6,11,19,33H,7-10H2,1-2H3,(H,30,32). The van der Waals surface area contributed by atoms with Gasteiger partial charge < -0.3 is 10.4 Å². The summed E-state index contributed by atoms with van der Waals surface area (Å²) in [6.45, 7) is 3.46. The second-order valence-electron chi connectivity index (χ2n) is 9.00. The van der Waals surface area contributed by atoms with Crippen molar-refractivity contribution in [1.82, 2.24) is 5.32 Å². The molecule has 33 heavy (non-hydrogen) atoms. The van der Waals surface area contributed by atoms with Crippen molar-refractivity contribution >= 4 is 23.3 Å². The number of ketones is 1. The first kappa shape index (κ1) is 23.7. The van der Waals surface area contributed by atoms with Crippen molar-refractivity contribution in [3.63, 3.8) is 0 Å². The zero-order chi connectivity index (χ0) is 24.3. The number of aliphatic hydroxyl groups is 1. The first-order valence-corrected chi connectivity index (χ1v) is 10.9. The topological polar surface area (TPSA) is 66.4 Å². The highest BCUT2D eigenvalue weighted by Crippen LogP contribution is 2.48. The van der Waals surface area contributed by atoms with Gasteiger partial charge in [0.25, 0.3) is 0 Å². The third-order valence-corrected chi connectivity index (χ3v) is 7.38. The highest BCUT2D eigenvalue weighted by molar-refractivity contribution is 6.30. The third kappa shape index (κ3) is 3.73. The van der Waals surface area contributed by atoms with Gasteiger partial charge in [0, 0.05) is 0 Å². The van der Waals surface area contributed by atoms with E-state index < -0.39 is 53.6 Å². The monoisotopic (exact) mass is 483 g/mol. The molecule has 0 aromatic heterocycles. The number of amides is 1. The van der Waals surface area contributed by atoms with Crippen LogP contribution in [0, 0.1) is 19.7 Å². The van der Waals surface area contributed by atoms with Crippen LogP contribution in [0.4, 0.5) is 17.6 Å². The number of carbonyl (C=O) groups is 2. The van der Waals surface area contributed by atoms with E-state index >= 15 is 0 Å². The smallest absolute Gasteiger partial charge is 0.380 e. The molecule has 1 saturated carbocycles. The summed E-state index contributed by atoms with van der Waals surface area (Å²) in [5.74, 6) is -2.88. The number of alkyl halides is 3. The Morgan fingerprint density at radius 2 is 1.70 bits per heavy atom. The van der Waals surface area contributed by atoms with Crippen LogP contribution in [0.15, 0.2) is 30.3 Å². The van der Waals surface area contributed by atoms with Crippen molar-refractivity contribution in [2.24, 2.45) is 0 Å². The van der Waals surface area contributed by atoms with Crippen molar-refractivity contribution in [2.75, 3.05) is 0 Å². The lowest BCUT2D eigenvalue weighted by Gasteiger charge is -2.41. The quantitative estimate of drug-likeness (QED) is 0.458. The third-order valence-electron chi connectivity index (χ3n) is 7.07. The molecule has 2 aromatic carbocycles. The van der Waals surface area contributed by atoms with Gasteiger partial charge in [0.05, 0.1) is 10.6 Å².